The first-order valence-corrected chi connectivity index (χ1v) is 8.31. The van der Waals surface area contributed by atoms with Gasteiger partial charge >= 0.3 is 0 Å². The quantitative estimate of drug-likeness (QED) is 0.333. The van der Waals surface area contributed by atoms with Crippen LogP contribution in [-0.4, -0.2) is 38.7 Å². The third kappa shape index (κ3) is 4.03. The number of nitrogens with zero attached hydrogens (tertiary/aromatic N) is 5. The molecule has 0 aliphatic carbocycles. The molecular weight excluding hydrogens is 381 g/mol. The molecule has 2 aromatic heterocycles. The number of hydrogen-bond donors (Lipinski definition) is 3. The third-order valence-electron chi connectivity index (χ3n) is 3.83. The fourth-order valence-corrected chi connectivity index (χ4v) is 2.40. The van der Waals surface area contributed by atoms with E-state index in [-0.39, 0.29) is 34.5 Å². The minimum atomic E-state index is -0.362. The van der Waals surface area contributed by atoms with Crippen molar-refractivity contribution >= 4 is 34.8 Å². The van der Waals surface area contributed by atoms with E-state index in [1.807, 2.05) is 0 Å². The summed E-state index contributed by atoms with van der Waals surface area (Å²) in [5, 5.41) is 24.3. The first kappa shape index (κ1) is 18.1. The van der Waals surface area contributed by atoms with Crippen molar-refractivity contribution in [1.82, 2.24) is 20.3 Å². The van der Waals surface area contributed by atoms with Crippen molar-refractivity contribution in [3.05, 3.63) is 53.8 Å². The lowest BCUT2D eigenvalue weighted by Crippen LogP contribution is -2.03. The molecule has 2 heterocycles. The summed E-state index contributed by atoms with van der Waals surface area (Å²) in [5.74, 6) is 0.725. The van der Waals surface area contributed by atoms with E-state index in [0.29, 0.717) is 17.0 Å². The van der Waals surface area contributed by atoms with Crippen molar-refractivity contribution < 1.29 is 18.9 Å². The molecule has 146 valence electrons. The van der Waals surface area contributed by atoms with Gasteiger partial charge in [-0.05, 0) is 52.8 Å². The number of aromatic hydroxyl groups is 1. The van der Waals surface area contributed by atoms with Gasteiger partial charge in [-0.2, -0.15) is 10.1 Å². The lowest BCUT2D eigenvalue weighted by molar-refractivity contribution is 0.314. The van der Waals surface area contributed by atoms with Gasteiger partial charge in [0.15, 0.2) is 11.6 Å². The maximum absolute atomic E-state index is 13.1. The van der Waals surface area contributed by atoms with E-state index in [0.717, 1.165) is 0 Å². The van der Waals surface area contributed by atoms with Crippen LogP contribution in [0.25, 0.3) is 11.3 Å². The molecule has 4 aromatic rings. The van der Waals surface area contributed by atoms with Crippen LogP contribution in [0.5, 0.6) is 11.5 Å². The zero-order valence-electron chi connectivity index (χ0n) is 15.0. The summed E-state index contributed by atoms with van der Waals surface area (Å²) >= 11 is 0. The third-order valence-corrected chi connectivity index (χ3v) is 3.83. The average Bonchev–Trinajstić information content (AvgIpc) is 3.18. The van der Waals surface area contributed by atoms with E-state index < -0.39 is 0 Å². The first-order valence-electron chi connectivity index (χ1n) is 8.31. The van der Waals surface area contributed by atoms with Crippen LogP contribution in [0.2, 0.25) is 0 Å². The first-order chi connectivity index (χ1) is 14.1. The van der Waals surface area contributed by atoms with Crippen LogP contribution in [0.1, 0.15) is 5.56 Å². The molecular formula is C18H14FN7O3. The number of benzene rings is 2. The number of methoxy groups -OCH3 is 1. The standard InChI is InChI=1S/C18H14FN7O3/c1-28-13-6-7-14(27)10(8-13)9-20-24-16-15(21-12-4-2-11(19)3-5-12)22-17-18(23-16)26-29-25-17/h2-9,27H,1H3,(H,21,22,25)(H,23,24,26). The Kier molecular flexibility index (Phi) is 4.84. The lowest BCUT2D eigenvalue weighted by Gasteiger charge is -2.09. The largest absolute Gasteiger partial charge is 0.507 e. The minimum Gasteiger partial charge on any atom is -0.507 e. The molecule has 0 radical (unpaired) electrons. The van der Waals surface area contributed by atoms with Crippen LogP contribution >= 0.6 is 0 Å². The van der Waals surface area contributed by atoms with Crippen molar-refractivity contribution in [3.63, 3.8) is 0 Å². The van der Waals surface area contributed by atoms with Gasteiger partial charge in [-0.15, -0.1) is 0 Å². The Morgan fingerprint density at radius 3 is 2.52 bits per heavy atom. The normalized spacial score (nSPS) is 11.1. The Bertz CT molecular complexity index is 1180. The second-order valence-electron chi connectivity index (χ2n) is 5.76. The molecule has 0 saturated heterocycles. The Hall–Kier alpha value is -4.28. The molecule has 0 spiro atoms. The Labute approximate surface area is 163 Å². The number of ether oxygens (including phenoxy) is 1. The van der Waals surface area contributed by atoms with Crippen LogP contribution in [0.3, 0.4) is 0 Å². The number of rotatable bonds is 6. The molecule has 0 atom stereocenters. The molecule has 3 N–H and O–H groups in total. The van der Waals surface area contributed by atoms with Gasteiger partial charge in [0.25, 0.3) is 0 Å². The topological polar surface area (TPSA) is 131 Å². The summed E-state index contributed by atoms with van der Waals surface area (Å²) in [5.41, 5.74) is 4.11. The Morgan fingerprint density at radius 1 is 1.07 bits per heavy atom. The SMILES string of the molecule is COc1ccc(O)c(C=NNc2nc3nonc3nc2Nc2ccc(F)cc2)c1. The van der Waals surface area contributed by atoms with Crippen molar-refractivity contribution in [2.45, 2.75) is 0 Å². The number of hydrazone groups is 1. The van der Waals surface area contributed by atoms with Gasteiger partial charge in [0, 0.05) is 11.3 Å². The predicted molar refractivity (Wildman–Crippen MR) is 103 cm³/mol. The molecule has 0 bridgehead atoms. The van der Waals surface area contributed by atoms with Crippen molar-refractivity contribution in [3.8, 4) is 11.5 Å². The van der Waals surface area contributed by atoms with E-state index in [1.54, 1.807) is 24.3 Å². The van der Waals surface area contributed by atoms with Crippen molar-refractivity contribution in [1.29, 1.82) is 0 Å². The molecule has 11 heteroatoms. The van der Waals surface area contributed by atoms with E-state index in [1.165, 1.54) is 31.5 Å². The fourth-order valence-electron chi connectivity index (χ4n) is 2.40. The van der Waals surface area contributed by atoms with Gasteiger partial charge in [0.05, 0.1) is 13.3 Å². The van der Waals surface area contributed by atoms with Gasteiger partial charge in [-0.1, -0.05) is 0 Å². The highest BCUT2D eigenvalue weighted by atomic mass is 19.1. The summed E-state index contributed by atoms with van der Waals surface area (Å²) < 4.78 is 22.9. The number of halogens is 1. The van der Waals surface area contributed by atoms with E-state index in [9.17, 15) is 9.50 Å². The molecule has 0 unspecified atom stereocenters. The van der Waals surface area contributed by atoms with Gasteiger partial charge < -0.3 is 15.2 Å². The smallest absolute Gasteiger partial charge is 0.245 e. The zero-order chi connectivity index (χ0) is 20.2. The summed E-state index contributed by atoms with van der Waals surface area (Å²) in [6, 6.07) is 10.4. The predicted octanol–water partition coefficient (Wildman–Crippen LogP) is 3.06. The number of aromatic nitrogens is 4. The zero-order valence-corrected chi connectivity index (χ0v) is 15.0. The Morgan fingerprint density at radius 2 is 1.79 bits per heavy atom. The van der Waals surface area contributed by atoms with Crippen LogP contribution in [-0.2, 0) is 0 Å². The fraction of sp³-hybridized carbons (Fsp3) is 0.0556. The van der Waals surface area contributed by atoms with Crippen molar-refractivity contribution in [2.24, 2.45) is 5.10 Å². The molecule has 29 heavy (non-hydrogen) atoms. The number of fused-ring (bicyclic) bond motifs is 1. The highest BCUT2D eigenvalue weighted by Gasteiger charge is 2.13. The van der Waals surface area contributed by atoms with Gasteiger partial charge in [0.2, 0.25) is 11.3 Å². The monoisotopic (exact) mass is 395 g/mol. The highest BCUT2D eigenvalue weighted by Crippen LogP contribution is 2.25. The molecule has 0 saturated carbocycles. The second-order valence-corrected chi connectivity index (χ2v) is 5.76. The van der Waals surface area contributed by atoms with E-state index in [4.69, 9.17) is 4.74 Å². The number of anilines is 3. The molecule has 0 fully saturated rings. The lowest BCUT2D eigenvalue weighted by atomic mass is 10.2. The molecule has 0 amide bonds. The van der Waals surface area contributed by atoms with Gasteiger partial charge in [0.1, 0.15) is 17.3 Å². The van der Waals surface area contributed by atoms with E-state index in [2.05, 4.69) is 40.8 Å². The van der Waals surface area contributed by atoms with Crippen LogP contribution in [0, 0.1) is 5.82 Å². The highest BCUT2D eigenvalue weighted by molar-refractivity contribution is 5.85. The maximum atomic E-state index is 13.1. The van der Waals surface area contributed by atoms with Crippen LogP contribution in [0.15, 0.2) is 52.2 Å². The van der Waals surface area contributed by atoms with Crippen molar-refractivity contribution in [2.75, 3.05) is 17.9 Å². The minimum absolute atomic E-state index is 0.0308. The Balaban J connectivity index is 1.62. The number of hydrogen-bond acceptors (Lipinski definition) is 10. The van der Waals surface area contributed by atoms with Gasteiger partial charge in [-0.3, -0.25) is 5.43 Å². The summed E-state index contributed by atoms with van der Waals surface area (Å²) in [6.45, 7) is 0. The summed E-state index contributed by atoms with van der Waals surface area (Å²) in [4.78, 5) is 8.54. The molecule has 0 aliphatic heterocycles. The summed E-state index contributed by atoms with van der Waals surface area (Å²) in [7, 11) is 1.52. The van der Waals surface area contributed by atoms with E-state index >= 15 is 0 Å². The maximum Gasteiger partial charge on any atom is 0.245 e. The van der Waals surface area contributed by atoms with Gasteiger partial charge in [-0.25, -0.2) is 14.0 Å². The number of phenols is 1. The molecule has 2 aromatic carbocycles. The molecule has 10 nitrogen and oxygen atoms in total. The second kappa shape index (κ2) is 7.76. The summed E-state index contributed by atoms with van der Waals surface area (Å²) in [6.07, 6.45) is 1.40. The van der Waals surface area contributed by atoms with Crippen LogP contribution < -0.4 is 15.5 Å². The average molecular weight is 395 g/mol. The molecule has 0 aliphatic rings. The number of nitrogens with one attached hydrogen (secondary N) is 2. The number of phenolic OH excluding ortho intramolecular Hbond substituents is 1. The molecule has 4 rings (SSSR count). The van der Waals surface area contributed by atoms with Crippen LogP contribution in [0.4, 0.5) is 21.7 Å².